The Bertz CT molecular complexity index is 691. The number of rotatable bonds is 2. The highest BCUT2D eigenvalue weighted by Crippen LogP contribution is 2.30. The van der Waals surface area contributed by atoms with Crippen LogP contribution in [0.4, 0.5) is 0 Å². The maximum Gasteiger partial charge on any atom is 0.252 e. The van der Waals surface area contributed by atoms with Crippen molar-refractivity contribution in [3.05, 3.63) is 24.3 Å². The Morgan fingerprint density at radius 1 is 1.09 bits per heavy atom. The van der Waals surface area contributed by atoms with E-state index in [0.717, 1.165) is 44.5 Å². The molecule has 6 heteroatoms. The van der Waals surface area contributed by atoms with Crippen LogP contribution in [0, 0.1) is 5.92 Å². The fourth-order valence-electron chi connectivity index (χ4n) is 4.09. The Kier molecular flexibility index (Phi) is 3.97. The molecule has 2 fully saturated rings. The smallest absolute Gasteiger partial charge is 0.252 e. The fraction of sp³-hybridized carbons (Fsp3) is 0.647. The second kappa shape index (κ2) is 6.26. The Morgan fingerprint density at radius 3 is 2.83 bits per heavy atom. The summed E-state index contributed by atoms with van der Waals surface area (Å²) in [7, 11) is 0. The molecule has 0 radical (unpaired) electrons. The van der Waals surface area contributed by atoms with Gasteiger partial charge in [0.25, 0.3) is 5.78 Å². The molecule has 1 aliphatic carbocycles. The van der Waals surface area contributed by atoms with Gasteiger partial charge in [0.2, 0.25) is 5.91 Å². The van der Waals surface area contributed by atoms with Crippen molar-refractivity contribution in [1.82, 2.24) is 24.5 Å². The maximum absolute atomic E-state index is 12.8. The molecule has 1 saturated heterocycles. The third-order valence-electron chi connectivity index (χ3n) is 5.32. The lowest BCUT2D eigenvalue weighted by molar-refractivity contribution is -0.137. The molecule has 2 aliphatic rings. The Hall–Kier alpha value is -1.98. The number of aromatic nitrogens is 4. The first-order chi connectivity index (χ1) is 11.3. The molecule has 2 aromatic heterocycles. The highest BCUT2D eigenvalue weighted by molar-refractivity contribution is 5.79. The standard InChI is InChI=1S/C17H23N5O/c23-16(13-5-2-1-3-6-13)21-10-4-7-14(11-21)15-8-9-18-17-19-12-20-22(15)17/h8-9,12-14H,1-7,10-11H2/t14-/m1/s1. The van der Waals surface area contributed by atoms with Gasteiger partial charge in [0.05, 0.1) is 5.69 Å². The quantitative estimate of drug-likeness (QED) is 0.854. The first-order valence-corrected chi connectivity index (χ1v) is 8.76. The van der Waals surface area contributed by atoms with Crippen molar-refractivity contribution in [2.75, 3.05) is 13.1 Å². The summed E-state index contributed by atoms with van der Waals surface area (Å²) in [6, 6.07) is 2.01. The van der Waals surface area contributed by atoms with Crippen LogP contribution in [0.25, 0.3) is 5.78 Å². The minimum absolute atomic E-state index is 0.256. The molecule has 0 N–H and O–H groups in total. The third-order valence-corrected chi connectivity index (χ3v) is 5.32. The van der Waals surface area contributed by atoms with E-state index in [0.29, 0.717) is 17.6 Å². The topological polar surface area (TPSA) is 63.4 Å². The molecule has 2 aromatic rings. The zero-order valence-corrected chi connectivity index (χ0v) is 13.4. The molecule has 1 atom stereocenters. The van der Waals surface area contributed by atoms with Gasteiger partial charge in [-0.05, 0) is 31.7 Å². The summed E-state index contributed by atoms with van der Waals surface area (Å²) in [5.41, 5.74) is 1.12. The molecular formula is C17H23N5O. The van der Waals surface area contributed by atoms with E-state index in [1.165, 1.54) is 19.3 Å². The molecular weight excluding hydrogens is 290 g/mol. The number of likely N-dealkylation sites (tertiary alicyclic amines) is 1. The molecule has 3 heterocycles. The van der Waals surface area contributed by atoms with Crippen LogP contribution in [0.15, 0.2) is 18.6 Å². The molecule has 4 rings (SSSR count). The van der Waals surface area contributed by atoms with Crippen molar-refractivity contribution in [1.29, 1.82) is 0 Å². The summed E-state index contributed by atoms with van der Waals surface area (Å²) in [5, 5.41) is 4.29. The predicted molar refractivity (Wildman–Crippen MR) is 85.9 cm³/mol. The van der Waals surface area contributed by atoms with Gasteiger partial charge in [-0.25, -0.2) is 9.50 Å². The van der Waals surface area contributed by atoms with Crippen LogP contribution in [0.3, 0.4) is 0 Å². The molecule has 1 aliphatic heterocycles. The molecule has 122 valence electrons. The van der Waals surface area contributed by atoms with Gasteiger partial charge in [0, 0.05) is 31.1 Å². The lowest BCUT2D eigenvalue weighted by Gasteiger charge is -2.36. The van der Waals surface area contributed by atoms with E-state index in [1.54, 1.807) is 12.5 Å². The average Bonchev–Trinajstić information content (AvgIpc) is 3.10. The first-order valence-electron chi connectivity index (χ1n) is 8.76. The Morgan fingerprint density at radius 2 is 1.96 bits per heavy atom. The molecule has 23 heavy (non-hydrogen) atoms. The number of hydrogen-bond acceptors (Lipinski definition) is 4. The number of hydrogen-bond donors (Lipinski definition) is 0. The molecule has 1 amide bonds. The van der Waals surface area contributed by atoms with Crippen molar-refractivity contribution in [2.24, 2.45) is 5.92 Å². The largest absolute Gasteiger partial charge is 0.342 e. The molecule has 6 nitrogen and oxygen atoms in total. The summed E-state index contributed by atoms with van der Waals surface area (Å²) >= 11 is 0. The van der Waals surface area contributed by atoms with Gasteiger partial charge in [0.15, 0.2) is 0 Å². The monoisotopic (exact) mass is 313 g/mol. The van der Waals surface area contributed by atoms with Crippen LogP contribution in [0.5, 0.6) is 0 Å². The van der Waals surface area contributed by atoms with Crippen molar-refractivity contribution in [2.45, 2.75) is 50.9 Å². The molecule has 0 bridgehead atoms. The highest BCUT2D eigenvalue weighted by atomic mass is 16.2. The SMILES string of the molecule is O=C(C1CCCCC1)N1CCC[C@@H](c2ccnc3ncnn23)C1. The van der Waals surface area contributed by atoms with Gasteiger partial charge >= 0.3 is 0 Å². The second-order valence-electron chi connectivity index (χ2n) is 6.80. The number of nitrogens with zero attached hydrogens (tertiary/aromatic N) is 5. The summed E-state index contributed by atoms with van der Waals surface area (Å²) < 4.78 is 1.82. The van der Waals surface area contributed by atoms with Gasteiger partial charge in [0.1, 0.15) is 6.33 Å². The second-order valence-corrected chi connectivity index (χ2v) is 6.80. The average molecular weight is 313 g/mol. The van der Waals surface area contributed by atoms with E-state index in [9.17, 15) is 4.79 Å². The molecule has 0 aromatic carbocycles. The van der Waals surface area contributed by atoms with Gasteiger partial charge in [-0.1, -0.05) is 19.3 Å². The van der Waals surface area contributed by atoms with E-state index >= 15 is 0 Å². The Labute approximate surface area is 135 Å². The summed E-state index contributed by atoms with van der Waals surface area (Å²) in [4.78, 5) is 23.3. The van der Waals surface area contributed by atoms with Gasteiger partial charge < -0.3 is 4.90 Å². The number of fused-ring (bicyclic) bond motifs is 1. The number of piperidine rings is 1. The van der Waals surface area contributed by atoms with Crippen LogP contribution in [0.1, 0.15) is 56.6 Å². The predicted octanol–water partition coefficient (Wildman–Crippen LogP) is 2.41. The lowest BCUT2D eigenvalue weighted by atomic mass is 9.87. The summed E-state index contributed by atoms with van der Waals surface area (Å²) in [6.45, 7) is 1.70. The minimum Gasteiger partial charge on any atom is -0.342 e. The summed E-state index contributed by atoms with van der Waals surface area (Å²) in [6.07, 6.45) is 11.3. The zero-order valence-electron chi connectivity index (χ0n) is 13.4. The number of carbonyl (C=O) groups excluding carboxylic acids is 1. The lowest BCUT2D eigenvalue weighted by Crippen LogP contribution is -2.43. The minimum atomic E-state index is 0.256. The van der Waals surface area contributed by atoms with E-state index in [2.05, 4.69) is 20.0 Å². The maximum atomic E-state index is 12.8. The summed E-state index contributed by atoms with van der Waals surface area (Å²) in [5.74, 6) is 1.59. The van der Waals surface area contributed by atoms with E-state index < -0.39 is 0 Å². The van der Waals surface area contributed by atoms with E-state index in [4.69, 9.17) is 0 Å². The van der Waals surface area contributed by atoms with Crippen LogP contribution in [-0.4, -0.2) is 43.5 Å². The highest BCUT2D eigenvalue weighted by Gasteiger charge is 2.31. The third kappa shape index (κ3) is 2.82. The molecule has 0 unspecified atom stereocenters. The Balaban J connectivity index is 1.52. The van der Waals surface area contributed by atoms with Gasteiger partial charge in [-0.3, -0.25) is 4.79 Å². The van der Waals surface area contributed by atoms with Crippen molar-refractivity contribution < 1.29 is 4.79 Å². The fourth-order valence-corrected chi connectivity index (χ4v) is 4.09. The first kappa shape index (κ1) is 14.6. The van der Waals surface area contributed by atoms with Crippen LogP contribution >= 0.6 is 0 Å². The zero-order chi connectivity index (χ0) is 15.6. The van der Waals surface area contributed by atoms with E-state index in [1.807, 2.05) is 10.6 Å². The van der Waals surface area contributed by atoms with Crippen molar-refractivity contribution in [3.8, 4) is 0 Å². The normalized spacial score (nSPS) is 23.3. The number of amides is 1. The van der Waals surface area contributed by atoms with Crippen LogP contribution in [-0.2, 0) is 4.79 Å². The van der Waals surface area contributed by atoms with Crippen LogP contribution in [0.2, 0.25) is 0 Å². The molecule has 1 saturated carbocycles. The van der Waals surface area contributed by atoms with Crippen LogP contribution < -0.4 is 0 Å². The van der Waals surface area contributed by atoms with Crippen molar-refractivity contribution in [3.63, 3.8) is 0 Å². The molecule has 0 spiro atoms. The van der Waals surface area contributed by atoms with Crippen molar-refractivity contribution >= 4 is 11.7 Å². The van der Waals surface area contributed by atoms with Gasteiger partial charge in [-0.15, -0.1) is 0 Å². The van der Waals surface area contributed by atoms with Gasteiger partial charge in [-0.2, -0.15) is 10.1 Å². The van der Waals surface area contributed by atoms with E-state index in [-0.39, 0.29) is 5.92 Å². The number of carbonyl (C=O) groups is 1.